The van der Waals surface area contributed by atoms with Crippen molar-refractivity contribution in [1.29, 1.82) is 0 Å². The monoisotopic (exact) mass is 215 g/mol. The van der Waals surface area contributed by atoms with Crippen LogP contribution in [0.4, 0.5) is 0 Å². The summed E-state index contributed by atoms with van der Waals surface area (Å²) in [6, 6.07) is 16.5. The fourth-order valence-electron chi connectivity index (χ4n) is 1.63. The van der Waals surface area contributed by atoms with Gasteiger partial charge >= 0.3 is 0 Å². The smallest absolute Gasteiger partial charge is 0.129 e. The molecule has 2 aromatic carbocycles. The number of rotatable bonds is 3. The molecule has 0 bridgehead atoms. The molecule has 1 atom stereocenters. The van der Waals surface area contributed by atoms with Gasteiger partial charge in [0.1, 0.15) is 11.9 Å². The molecule has 0 fully saturated rings. The quantitative estimate of drug-likeness (QED) is 0.773. The summed E-state index contributed by atoms with van der Waals surface area (Å²) in [6.07, 6.45) is -0.304. The molecule has 0 saturated carbocycles. The molecule has 0 saturated heterocycles. The number of benzene rings is 2. The molecule has 1 unspecified atom stereocenters. The Morgan fingerprint density at radius 2 is 1.44 bits per heavy atom. The van der Waals surface area contributed by atoms with Crippen molar-refractivity contribution in [2.45, 2.75) is 6.10 Å². The van der Waals surface area contributed by atoms with Gasteiger partial charge in [0.05, 0.1) is 0 Å². The van der Waals surface area contributed by atoms with Gasteiger partial charge in [-0.1, -0.05) is 42.5 Å². The first-order valence-corrected chi connectivity index (χ1v) is 5.00. The van der Waals surface area contributed by atoms with Crippen LogP contribution in [-0.4, -0.2) is 5.11 Å². The Bertz CT molecular complexity index is 439. The minimum absolute atomic E-state index is 0.229. The summed E-state index contributed by atoms with van der Waals surface area (Å²) < 4.78 is 0. The summed E-state index contributed by atoms with van der Waals surface area (Å²) >= 11 is 0. The summed E-state index contributed by atoms with van der Waals surface area (Å²) in [5.41, 5.74) is 1.89. The Balaban J connectivity index is 2.33. The van der Waals surface area contributed by atoms with Gasteiger partial charge in [-0.15, -0.1) is 0 Å². The van der Waals surface area contributed by atoms with Crippen LogP contribution in [0.2, 0.25) is 0 Å². The zero-order valence-corrected chi connectivity index (χ0v) is 8.71. The van der Waals surface area contributed by atoms with Crippen molar-refractivity contribution in [1.82, 2.24) is 0 Å². The molecule has 2 rings (SSSR count). The second-order valence-electron chi connectivity index (χ2n) is 3.52. The van der Waals surface area contributed by atoms with E-state index in [0.29, 0.717) is 0 Å². The Hall–Kier alpha value is -1.84. The van der Waals surface area contributed by atoms with Crippen LogP contribution >= 0.6 is 0 Å². The van der Waals surface area contributed by atoms with Crippen molar-refractivity contribution in [3.63, 3.8) is 0 Å². The van der Waals surface area contributed by atoms with Crippen molar-refractivity contribution < 1.29 is 9.94 Å². The molecule has 0 aromatic heterocycles. The van der Waals surface area contributed by atoms with Gasteiger partial charge in [0.15, 0.2) is 0 Å². The van der Waals surface area contributed by atoms with Gasteiger partial charge in [0.2, 0.25) is 0 Å². The van der Waals surface area contributed by atoms with Crippen LogP contribution in [0.3, 0.4) is 0 Å². The van der Waals surface area contributed by atoms with E-state index in [0.717, 1.165) is 11.1 Å². The highest BCUT2D eigenvalue weighted by Gasteiger charge is 2.13. The largest absolute Gasteiger partial charge is 0.508 e. The Labute approximate surface area is 94.1 Å². The van der Waals surface area contributed by atoms with Crippen LogP contribution in [0.5, 0.6) is 5.75 Å². The van der Waals surface area contributed by atoms with Gasteiger partial charge in [-0.25, -0.2) is 5.90 Å². The molecule has 0 spiro atoms. The maximum absolute atomic E-state index is 9.21. The van der Waals surface area contributed by atoms with Crippen LogP contribution in [0.25, 0.3) is 0 Å². The SMILES string of the molecule is NOC(c1ccccc1)c1ccc(O)cc1. The van der Waals surface area contributed by atoms with E-state index in [1.807, 2.05) is 30.3 Å². The summed E-state index contributed by atoms with van der Waals surface area (Å²) in [5, 5.41) is 9.21. The molecular weight excluding hydrogens is 202 g/mol. The van der Waals surface area contributed by atoms with Gasteiger partial charge < -0.3 is 5.11 Å². The van der Waals surface area contributed by atoms with Crippen LogP contribution in [0, 0.1) is 0 Å². The topological polar surface area (TPSA) is 55.5 Å². The van der Waals surface area contributed by atoms with Crippen LogP contribution in [0.1, 0.15) is 17.2 Å². The molecule has 16 heavy (non-hydrogen) atoms. The Morgan fingerprint density at radius 1 is 0.875 bits per heavy atom. The first-order chi connectivity index (χ1) is 7.81. The molecular formula is C13H13NO2. The third-order valence-electron chi connectivity index (χ3n) is 2.43. The zero-order valence-electron chi connectivity index (χ0n) is 8.71. The second kappa shape index (κ2) is 4.79. The van der Waals surface area contributed by atoms with Crippen LogP contribution in [0.15, 0.2) is 54.6 Å². The lowest BCUT2D eigenvalue weighted by Crippen LogP contribution is -2.10. The fraction of sp³-hybridized carbons (Fsp3) is 0.0769. The second-order valence-corrected chi connectivity index (χ2v) is 3.52. The lowest BCUT2D eigenvalue weighted by atomic mass is 10.0. The molecule has 0 aliphatic rings. The third kappa shape index (κ3) is 2.21. The first kappa shape index (κ1) is 10.7. The molecule has 0 aliphatic heterocycles. The van der Waals surface area contributed by atoms with Gasteiger partial charge in [-0.05, 0) is 23.3 Å². The zero-order chi connectivity index (χ0) is 11.4. The van der Waals surface area contributed by atoms with E-state index in [9.17, 15) is 5.11 Å². The van der Waals surface area contributed by atoms with E-state index in [2.05, 4.69) is 0 Å². The van der Waals surface area contributed by atoms with Crippen molar-refractivity contribution in [2.24, 2.45) is 5.90 Å². The van der Waals surface area contributed by atoms with Crippen LogP contribution in [-0.2, 0) is 4.84 Å². The highest BCUT2D eigenvalue weighted by atomic mass is 16.6. The van der Waals surface area contributed by atoms with E-state index < -0.39 is 0 Å². The lowest BCUT2D eigenvalue weighted by molar-refractivity contribution is 0.0813. The summed E-state index contributed by atoms with van der Waals surface area (Å²) in [6.45, 7) is 0. The minimum Gasteiger partial charge on any atom is -0.508 e. The third-order valence-corrected chi connectivity index (χ3v) is 2.43. The number of phenolic OH excluding ortho intramolecular Hbond substituents is 1. The first-order valence-electron chi connectivity index (χ1n) is 5.00. The molecule has 2 aromatic rings. The summed E-state index contributed by atoms with van der Waals surface area (Å²) in [7, 11) is 0. The van der Waals surface area contributed by atoms with Gasteiger partial charge in [-0.3, -0.25) is 4.84 Å². The van der Waals surface area contributed by atoms with E-state index in [-0.39, 0.29) is 11.9 Å². The molecule has 0 radical (unpaired) electrons. The standard InChI is InChI=1S/C13H13NO2/c14-16-13(10-4-2-1-3-5-10)11-6-8-12(15)9-7-11/h1-9,13,15H,14H2. The van der Waals surface area contributed by atoms with E-state index in [4.69, 9.17) is 10.7 Å². The van der Waals surface area contributed by atoms with Gasteiger partial charge in [-0.2, -0.15) is 0 Å². The molecule has 0 heterocycles. The average Bonchev–Trinajstić information content (AvgIpc) is 2.34. The number of aromatic hydroxyl groups is 1. The van der Waals surface area contributed by atoms with Crippen molar-refractivity contribution >= 4 is 0 Å². The maximum atomic E-state index is 9.21. The molecule has 0 amide bonds. The Morgan fingerprint density at radius 3 is 2.00 bits per heavy atom. The molecule has 3 heteroatoms. The molecule has 82 valence electrons. The summed E-state index contributed by atoms with van der Waals surface area (Å²) in [4.78, 5) is 4.98. The predicted octanol–water partition coefficient (Wildman–Crippen LogP) is 2.37. The van der Waals surface area contributed by atoms with Crippen molar-refractivity contribution in [3.8, 4) is 5.75 Å². The molecule has 3 N–H and O–H groups in total. The predicted molar refractivity (Wildman–Crippen MR) is 61.7 cm³/mol. The highest BCUT2D eigenvalue weighted by Crippen LogP contribution is 2.25. The van der Waals surface area contributed by atoms with Gasteiger partial charge in [0.25, 0.3) is 0 Å². The lowest BCUT2D eigenvalue weighted by Gasteiger charge is -2.15. The van der Waals surface area contributed by atoms with E-state index >= 15 is 0 Å². The fourth-order valence-corrected chi connectivity index (χ4v) is 1.63. The van der Waals surface area contributed by atoms with E-state index in [1.165, 1.54) is 0 Å². The van der Waals surface area contributed by atoms with E-state index in [1.54, 1.807) is 24.3 Å². The number of nitrogens with two attached hydrogens (primary N) is 1. The maximum Gasteiger partial charge on any atom is 0.129 e. The molecule has 0 aliphatic carbocycles. The average molecular weight is 215 g/mol. The highest BCUT2D eigenvalue weighted by molar-refractivity contribution is 5.33. The normalized spacial score (nSPS) is 12.3. The van der Waals surface area contributed by atoms with Crippen molar-refractivity contribution in [3.05, 3.63) is 65.7 Å². The summed E-state index contributed by atoms with van der Waals surface area (Å²) in [5.74, 6) is 5.54. The minimum atomic E-state index is -0.304. The molecule has 3 nitrogen and oxygen atoms in total. The Kier molecular flexibility index (Phi) is 3.19. The van der Waals surface area contributed by atoms with Gasteiger partial charge in [0, 0.05) is 0 Å². The number of hydrogen-bond acceptors (Lipinski definition) is 3. The van der Waals surface area contributed by atoms with Crippen molar-refractivity contribution in [2.75, 3.05) is 0 Å². The number of hydrogen-bond donors (Lipinski definition) is 2. The van der Waals surface area contributed by atoms with Crippen LogP contribution < -0.4 is 5.90 Å². The number of phenols is 1.